The molecule has 5 heteroatoms. The van der Waals surface area contributed by atoms with Crippen molar-refractivity contribution in [1.82, 2.24) is 0 Å². The van der Waals surface area contributed by atoms with E-state index in [1.165, 1.54) is 0 Å². The minimum atomic E-state index is -1.23. The van der Waals surface area contributed by atoms with E-state index in [-0.39, 0.29) is 0 Å². The summed E-state index contributed by atoms with van der Waals surface area (Å²) in [5, 5.41) is 0. The second-order valence-corrected chi connectivity index (χ2v) is 2.44. The maximum atomic E-state index is 12.9. The Morgan fingerprint density at radius 3 is 2.50 bits per heavy atom. The third-order valence-corrected chi connectivity index (χ3v) is 1.54. The first-order chi connectivity index (χ1) is 6.56. The molecule has 0 aromatic heterocycles. The molecule has 0 aliphatic carbocycles. The fraction of sp³-hybridized carbons (Fsp3) is 0.111. The van der Waals surface area contributed by atoms with Crippen molar-refractivity contribution in [3.05, 3.63) is 35.4 Å². The van der Waals surface area contributed by atoms with Gasteiger partial charge in [0.25, 0.3) is 5.78 Å². The minimum Gasteiger partial charge on any atom is -0.463 e. The number of carbonyl (C=O) groups is 2. The molecule has 0 atom stereocenters. The minimum absolute atomic E-state index is 0.628. The lowest BCUT2D eigenvalue weighted by Crippen LogP contribution is -2.17. The molecule has 3 nitrogen and oxygen atoms in total. The SMILES string of the molecule is COC(=O)C(=O)c1cc(F)ccc1F. The molecule has 1 aromatic carbocycles. The van der Waals surface area contributed by atoms with Crippen LogP contribution in [-0.4, -0.2) is 18.9 Å². The summed E-state index contributed by atoms with van der Waals surface area (Å²) in [5.74, 6) is -4.18. The van der Waals surface area contributed by atoms with Crippen LogP contribution in [0.5, 0.6) is 0 Å². The van der Waals surface area contributed by atoms with Gasteiger partial charge in [0.05, 0.1) is 12.7 Å². The summed E-state index contributed by atoms with van der Waals surface area (Å²) in [7, 11) is 0.984. The van der Waals surface area contributed by atoms with Gasteiger partial charge in [0.15, 0.2) is 0 Å². The Morgan fingerprint density at radius 2 is 1.93 bits per heavy atom. The molecule has 0 unspecified atom stereocenters. The molecule has 0 aliphatic heterocycles. The zero-order valence-corrected chi connectivity index (χ0v) is 7.21. The number of ether oxygens (including phenoxy) is 1. The average Bonchev–Trinajstić information content (AvgIpc) is 2.19. The molecule has 0 aliphatic rings. The summed E-state index contributed by atoms with van der Waals surface area (Å²) in [6.45, 7) is 0. The molecule has 0 heterocycles. The number of esters is 1. The zero-order valence-electron chi connectivity index (χ0n) is 7.21. The Labute approximate surface area is 78.3 Å². The molecule has 0 radical (unpaired) electrons. The number of benzene rings is 1. The highest BCUT2D eigenvalue weighted by molar-refractivity contribution is 6.40. The van der Waals surface area contributed by atoms with E-state index in [0.717, 1.165) is 19.2 Å². The van der Waals surface area contributed by atoms with Crippen LogP contribution < -0.4 is 0 Å². The number of halogens is 2. The van der Waals surface area contributed by atoms with Gasteiger partial charge in [-0.2, -0.15) is 0 Å². The van der Waals surface area contributed by atoms with Crippen LogP contribution in [0.15, 0.2) is 18.2 Å². The summed E-state index contributed by atoms with van der Waals surface area (Å²) < 4.78 is 29.6. The molecular formula is C9H6F2O3. The summed E-state index contributed by atoms with van der Waals surface area (Å²) in [6, 6.07) is 2.27. The Balaban J connectivity index is 3.12. The maximum absolute atomic E-state index is 12.9. The average molecular weight is 200 g/mol. The van der Waals surface area contributed by atoms with Crippen LogP contribution in [0.4, 0.5) is 8.78 Å². The van der Waals surface area contributed by atoms with Gasteiger partial charge in [-0.1, -0.05) is 0 Å². The third-order valence-electron chi connectivity index (χ3n) is 1.54. The fourth-order valence-corrected chi connectivity index (χ4v) is 0.874. The third kappa shape index (κ3) is 1.93. The first kappa shape index (κ1) is 10.3. The van der Waals surface area contributed by atoms with E-state index in [0.29, 0.717) is 6.07 Å². The van der Waals surface area contributed by atoms with Gasteiger partial charge in [0.2, 0.25) is 0 Å². The molecule has 0 amide bonds. The van der Waals surface area contributed by atoms with Crippen LogP contribution in [0, 0.1) is 11.6 Å². The van der Waals surface area contributed by atoms with Crippen molar-refractivity contribution in [3.63, 3.8) is 0 Å². The van der Waals surface area contributed by atoms with Crippen LogP contribution in [0.1, 0.15) is 10.4 Å². The van der Waals surface area contributed by atoms with Crippen molar-refractivity contribution in [3.8, 4) is 0 Å². The molecule has 0 saturated carbocycles. The van der Waals surface area contributed by atoms with Crippen molar-refractivity contribution in [1.29, 1.82) is 0 Å². The van der Waals surface area contributed by atoms with Crippen LogP contribution in [-0.2, 0) is 9.53 Å². The second kappa shape index (κ2) is 3.95. The van der Waals surface area contributed by atoms with E-state index in [4.69, 9.17) is 0 Å². The number of ketones is 1. The van der Waals surface area contributed by atoms with Gasteiger partial charge in [-0.3, -0.25) is 4.79 Å². The Hall–Kier alpha value is -1.78. The maximum Gasteiger partial charge on any atom is 0.379 e. The van der Waals surface area contributed by atoms with E-state index in [1.54, 1.807) is 0 Å². The van der Waals surface area contributed by atoms with E-state index in [2.05, 4.69) is 4.74 Å². The van der Waals surface area contributed by atoms with Crippen molar-refractivity contribution in [2.24, 2.45) is 0 Å². The molecule has 14 heavy (non-hydrogen) atoms. The molecule has 0 spiro atoms. The van der Waals surface area contributed by atoms with Gasteiger partial charge in [0.1, 0.15) is 11.6 Å². The molecule has 0 bridgehead atoms. The van der Waals surface area contributed by atoms with E-state index >= 15 is 0 Å². The van der Waals surface area contributed by atoms with Crippen molar-refractivity contribution < 1.29 is 23.1 Å². The van der Waals surface area contributed by atoms with Crippen molar-refractivity contribution >= 4 is 11.8 Å². The van der Waals surface area contributed by atoms with Crippen molar-refractivity contribution in [2.75, 3.05) is 7.11 Å². The molecule has 74 valence electrons. The highest BCUT2D eigenvalue weighted by Crippen LogP contribution is 2.10. The van der Waals surface area contributed by atoms with E-state index in [9.17, 15) is 18.4 Å². The van der Waals surface area contributed by atoms with Crippen LogP contribution >= 0.6 is 0 Å². The van der Waals surface area contributed by atoms with Crippen LogP contribution in [0.2, 0.25) is 0 Å². The summed E-state index contributed by atoms with van der Waals surface area (Å²) in [4.78, 5) is 21.8. The molecular weight excluding hydrogens is 194 g/mol. The largest absolute Gasteiger partial charge is 0.463 e. The Bertz CT molecular complexity index is 388. The highest BCUT2D eigenvalue weighted by atomic mass is 19.1. The predicted octanol–water partition coefficient (Wildman–Crippen LogP) is 1.32. The molecule has 0 N–H and O–H groups in total. The van der Waals surface area contributed by atoms with E-state index < -0.39 is 29.0 Å². The van der Waals surface area contributed by atoms with Gasteiger partial charge in [0, 0.05) is 0 Å². The lowest BCUT2D eigenvalue weighted by atomic mass is 10.1. The molecule has 1 aromatic rings. The van der Waals surface area contributed by atoms with Gasteiger partial charge in [-0.25, -0.2) is 13.6 Å². The summed E-state index contributed by atoms with van der Waals surface area (Å²) in [5.41, 5.74) is -0.628. The highest BCUT2D eigenvalue weighted by Gasteiger charge is 2.20. The normalized spacial score (nSPS) is 9.64. The smallest absolute Gasteiger partial charge is 0.379 e. The summed E-state index contributed by atoms with van der Waals surface area (Å²) in [6.07, 6.45) is 0. The number of methoxy groups -OCH3 is 1. The first-order valence-electron chi connectivity index (χ1n) is 3.64. The fourth-order valence-electron chi connectivity index (χ4n) is 0.874. The second-order valence-electron chi connectivity index (χ2n) is 2.44. The van der Waals surface area contributed by atoms with Gasteiger partial charge >= 0.3 is 5.97 Å². The van der Waals surface area contributed by atoms with Gasteiger partial charge < -0.3 is 4.74 Å². The Morgan fingerprint density at radius 1 is 1.29 bits per heavy atom. The van der Waals surface area contributed by atoms with E-state index in [1.807, 2.05) is 0 Å². The molecule has 0 saturated heterocycles. The number of Topliss-reactive ketones (excluding diaryl/α,β-unsaturated/α-hetero) is 1. The first-order valence-corrected chi connectivity index (χ1v) is 3.64. The predicted molar refractivity (Wildman–Crippen MR) is 42.7 cm³/mol. The number of rotatable bonds is 2. The molecule has 1 rings (SSSR count). The number of carbonyl (C=O) groups excluding carboxylic acids is 2. The van der Waals surface area contributed by atoms with Crippen LogP contribution in [0.3, 0.4) is 0 Å². The van der Waals surface area contributed by atoms with Crippen molar-refractivity contribution in [2.45, 2.75) is 0 Å². The topological polar surface area (TPSA) is 43.4 Å². The molecule has 0 fully saturated rings. The summed E-state index contributed by atoms with van der Waals surface area (Å²) >= 11 is 0. The number of hydrogen-bond acceptors (Lipinski definition) is 3. The van der Waals surface area contributed by atoms with Gasteiger partial charge in [-0.05, 0) is 18.2 Å². The Kier molecular flexibility index (Phi) is 2.91. The lowest BCUT2D eigenvalue weighted by Gasteiger charge is -2.00. The zero-order chi connectivity index (χ0) is 10.7. The van der Waals surface area contributed by atoms with Gasteiger partial charge in [-0.15, -0.1) is 0 Å². The monoisotopic (exact) mass is 200 g/mol. The quantitative estimate of drug-likeness (QED) is 0.411. The van der Waals surface area contributed by atoms with Crippen LogP contribution in [0.25, 0.3) is 0 Å². The lowest BCUT2D eigenvalue weighted by molar-refractivity contribution is -0.135. The standard InChI is InChI=1S/C9H6F2O3/c1-14-9(13)8(12)6-4-5(10)2-3-7(6)11/h2-4H,1H3. The number of hydrogen-bond donors (Lipinski definition) is 0.